The van der Waals surface area contributed by atoms with Crippen molar-refractivity contribution in [1.82, 2.24) is 0 Å². The molecule has 0 aromatic carbocycles. The third-order valence-electron chi connectivity index (χ3n) is 6.07. The lowest BCUT2D eigenvalue weighted by molar-refractivity contribution is -0.0182. The third-order valence-corrected chi connectivity index (χ3v) is 6.07. The second-order valence-electron chi connectivity index (χ2n) is 7.17. The van der Waals surface area contributed by atoms with Crippen LogP contribution in [-0.2, 0) is 0 Å². The van der Waals surface area contributed by atoms with Gasteiger partial charge in [0, 0.05) is 0 Å². The maximum absolute atomic E-state index is 10.5. The molecule has 5 atom stereocenters. The van der Waals surface area contributed by atoms with E-state index < -0.39 is 0 Å². The lowest BCUT2D eigenvalue weighted by Crippen LogP contribution is -2.38. The first-order chi connectivity index (χ1) is 6.97. The second-order valence-corrected chi connectivity index (χ2v) is 7.17. The van der Waals surface area contributed by atoms with Crippen molar-refractivity contribution >= 4 is 0 Å². The Kier molecular flexibility index (Phi) is 1.89. The zero-order valence-electron chi connectivity index (χ0n) is 10.3. The van der Waals surface area contributed by atoms with Crippen LogP contribution in [0.25, 0.3) is 0 Å². The zero-order chi connectivity index (χ0) is 10.8. The summed E-state index contributed by atoms with van der Waals surface area (Å²) in [5.74, 6) is 2.24. The monoisotopic (exact) mass is 208 g/mol. The van der Waals surface area contributed by atoms with Crippen LogP contribution in [0.2, 0.25) is 0 Å². The molecule has 0 radical (unpaired) electrons. The predicted molar refractivity (Wildman–Crippen MR) is 61.4 cm³/mol. The van der Waals surface area contributed by atoms with Crippen molar-refractivity contribution < 1.29 is 5.11 Å². The van der Waals surface area contributed by atoms with Crippen LogP contribution in [0.15, 0.2) is 0 Å². The molecule has 3 aliphatic rings. The summed E-state index contributed by atoms with van der Waals surface area (Å²) in [6.45, 7) is 7.23. The SMILES string of the molecule is CC1(C)CCC[C@]2(C)[C@H](O)[C@H]3CC[C@@H]2[C@H]31. The number of rotatable bonds is 0. The van der Waals surface area contributed by atoms with Gasteiger partial charge in [0.1, 0.15) is 0 Å². The Morgan fingerprint density at radius 3 is 2.53 bits per heavy atom. The molecule has 4 bridgehead atoms. The van der Waals surface area contributed by atoms with Crippen LogP contribution in [0.1, 0.15) is 52.9 Å². The van der Waals surface area contributed by atoms with Crippen LogP contribution in [0.5, 0.6) is 0 Å². The molecule has 0 aliphatic heterocycles. The molecule has 3 rings (SSSR count). The first-order valence-electron chi connectivity index (χ1n) is 6.65. The van der Waals surface area contributed by atoms with Gasteiger partial charge in [-0.15, -0.1) is 0 Å². The van der Waals surface area contributed by atoms with Crippen molar-refractivity contribution in [2.75, 3.05) is 0 Å². The largest absolute Gasteiger partial charge is 0.392 e. The van der Waals surface area contributed by atoms with Gasteiger partial charge in [-0.25, -0.2) is 0 Å². The fourth-order valence-electron chi connectivity index (χ4n) is 5.38. The van der Waals surface area contributed by atoms with Crippen molar-refractivity contribution in [2.45, 2.75) is 59.0 Å². The van der Waals surface area contributed by atoms with Crippen LogP contribution in [0.3, 0.4) is 0 Å². The molecule has 0 amide bonds. The highest BCUT2D eigenvalue weighted by Gasteiger charge is 2.64. The average Bonchev–Trinajstić information content (AvgIpc) is 2.63. The Morgan fingerprint density at radius 2 is 1.80 bits per heavy atom. The van der Waals surface area contributed by atoms with E-state index in [-0.39, 0.29) is 11.5 Å². The molecule has 1 heteroatoms. The summed E-state index contributed by atoms with van der Waals surface area (Å²) in [6, 6.07) is 0. The van der Waals surface area contributed by atoms with E-state index in [2.05, 4.69) is 20.8 Å². The van der Waals surface area contributed by atoms with Gasteiger partial charge in [0.2, 0.25) is 0 Å². The van der Waals surface area contributed by atoms with Crippen LogP contribution in [0.4, 0.5) is 0 Å². The van der Waals surface area contributed by atoms with Crippen LogP contribution >= 0.6 is 0 Å². The lowest BCUT2D eigenvalue weighted by atomic mass is 9.70. The number of aliphatic hydroxyl groups is 1. The molecule has 0 aromatic rings. The normalized spacial score (nSPS) is 56.8. The molecule has 1 N–H and O–H groups in total. The molecular weight excluding hydrogens is 184 g/mol. The predicted octanol–water partition coefficient (Wildman–Crippen LogP) is 3.22. The lowest BCUT2D eigenvalue weighted by Gasteiger charge is -2.38. The van der Waals surface area contributed by atoms with Crippen molar-refractivity contribution in [2.24, 2.45) is 28.6 Å². The van der Waals surface area contributed by atoms with E-state index in [1.54, 1.807) is 0 Å². The van der Waals surface area contributed by atoms with E-state index in [1.807, 2.05) is 0 Å². The van der Waals surface area contributed by atoms with Gasteiger partial charge in [-0.05, 0) is 54.3 Å². The van der Waals surface area contributed by atoms with Gasteiger partial charge in [-0.3, -0.25) is 0 Å². The zero-order valence-corrected chi connectivity index (χ0v) is 10.3. The van der Waals surface area contributed by atoms with E-state index in [0.717, 1.165) is 11.8 Å². The summed E-state index contributed by atoms with van der Waals surface area (Å²) < 4.78 is 0. The Balaban J connectivity index is 2.06. The Labute approximate surface area is 93.3 Å². The Hall–Kier alpha value is -0.0400. The van der Waals surface area contributed by atoms with Crippen LogP contribution in [0, 0.1) is 28.6 Å². The first-order valence-corrected chi connectivity index (χ1v) is 6.65. The van der Waals surface area contributed by atoms with Gasteiger partial charge in [0.15, 0.2) is 0 Å². The quantitative estimate of drug-likeness (QED) is 0.648. The Morgan fingerprint density at radius 1 is 1.07 bits per heavy atom. The third kappa shape index (κ3) is 1.08. The van der Waals surface area contributed by atoms with Crippen molar-refractivity contribution in [3.8, 4) is 0 Å². The average molecular weight is 208 g/mol. The van der Waals surface area contributed by atoms with Crippen molar-refractivity contribution in [3.05, 3.63) is 0 Å². The molecule has 15 heavy (non-hydrogen) atoms. The molecule has 3 aliphatic carbocycles. The van der Waals surface area contributed by atoms with E-state index in [9.17, 15) is 5.11 Å². The molecule has 0 aromatic heterocycles. The van der Waals surface area contributed by atoms with Crippen molar-refractivity contribution in [3.63, 3.8) is 0 Å². The second kappa shape index (κ2) is 2.80. The summed E-state index contributed by atoms with van der Waals surface area (Å²) in [7, 11) is 0. The molecule has 3 saturated carbocycles. The fraction of sp³-hybridized carbons (Fsp3) is 1.00. The Bertz CT molecular complexity index is 283. The summed E-state index contributed by atoms with van der Waals surface area (Å²) in [6.07, 6.45) is 6.62. The topological polar surface area (TPSA) is 20.2 Å². The highest BCUT2D eigenvalue weighted by atomic mass is 16.3. The molecule has 0 spiro atoms. The van der Waals surface area contributed by atoms with Gasteiger partial charge in [0.05, 0.1) is 6.10 Å². The standard InChI is InChI=1S/C14H24O/c1-13(2)7-4-8-14(3)10-6-5-9(11(10)13)12(14)15/h9-12,15H,4-8H2,1-3H3/t9-,10+,11-,12+,14-/m0/s1. The summed E-state index contributed by atoms with van der Waals surface area (Å²) in [4.78, 5) is 0. The number of aliphatic hydroxyl groups excluding tert-OH is 1. The molecular formula is C14H24O. The number of hydrogen-bond donors (Lipinski definition) is 1. The van der Waals surface area contributed by atoms with Gasteiger partial charge >= 0.3 is 0 Å². The van der Waals surface area contributed by atoms with E-state index in [1.165, 1.54) is 32.1 Å². The molecule has 0 unspecified atom stereocenters. The van der Waals surface area contributed by atoms with E-state index in [0.29, 0.717) is 11.3 Å². The van der Waals surface area contributed by atoms with Gasteiger partial charge in [0.25, 0.3) is 0 Å². The number of hydrogen-bond acceptors (Lipinski definition) is 1. The molecule has 1 nitrogen and oxygen atoms in total. The highest BCUT2D eigenvalue weighted by molar-refractivity contribution is 5.13. The van der Waals surface area contributed by atoms with Crippen molar-refractivity contribution in [1.29, 1.82) is 0 Å². The van der Waals surface area contributed by atoms with Gasteiger partial charge < -0.3 is 5.11 Å². The maximum Gasteiger partial charge on any atom is 0.0627 e. The van der Waals surface area contributed by atoms with Crippen LogP contribution in [-0.4, -0.2) is 11.2 Å². The summed E-state index contributed by atoms with van der Waals surface area (Å²) in [5.41, 5.74) is 0.739. The minimum Gasteiger partial charge on any atom is -0.392 e. The minimum absolute atomic E-state index is 0.000764. The summed E-state index contributed by atoms with van der Waals surface area (Å²) in [5, 5.41) is 10.5. The fourth-order valence-corrected chi connectivity index (χ4v) is 5.38. The minimum atomic E-state index is 0.000764. The molecule has 3 fully saturated rings. The van der Waals surface area contributed by atoms with E-state index >= 15 is 0 Å². The first kappa shape index (κ1) is 10.1. The maximum atomic E-state index is 10.5. The van der Waals surface area contributed by atoms with Gasteiger partial charge in [-0.1, -0.05) is 27.2 Å². The highest BCUT2D eigenvalue weighted by Crippen LogP contribution is 2.68. The van der Waals surface area contributed by atoms with Gasteiger partial charge in [-0.2, -0.15) is 0 Å². The van der Waals surface area contributed by atoms with Crippen LogP contribution < -0.4 is 0 Å². The smallest absolute Gasteiger partial charge is 0.0627 e. The molecule has 0 saturated heterocycles. The molecule has 86 valence electrons. The van der Waals surface area contributed by atoms with E-state index in [4.69, 9.17) is 0 Å². The molecule has 0 heterocycles. The summed E-state index contributed by atoms with van der Waals surface area (Å²) >= 11 is 0.